The van der Waals surface area contributed by atoms with Crippen LogP contribution in [0.2, 0.25) is 0 Å². The number of nitriles is 1. The number of benzene rings is 2. The smallest absolute Gasteiger partial charge is 0.269 e. The van der Waals surface area contributed by atoms with Gasteiger partial charge in [0.15, 0.2) is 6.04 Å². The van der Waals surface area contributed by atoms with Gasteiger partial charge in [-0.15, -0.1) is 0 Å². The number of hydrogen-bond acceptors (Lipinski definition) is 5. The van der Waals surface area contributed by atoms with Gasteiger partial charge in [-0.25, -0.2) is 0 Å². The van der Waals surface area contributed by atoms with Crippen LogP contribution in [-0.2, 0) is 0 Å². The van der Waals surface area contributed by atoms with Gasteiger partial charge in [0.05, 0.1) is 16.7 Å². The van der Waals surface area contributed by atoms with E-state index in [0.717, 1.165) is 17.7 Å². The molecule has 1 aliphatic rings. The minimum absolute atomic E-state index is 0.0142. The minimum Gasteiger partial charge on any atom is -0.275 e. The first-order chi connectivity index (χ1) is 11.2. The van der Waals surface area contributed by atoms with Crippen LogP contribution in [0.3, 0.4) is 0 Å². The SMILES string of the molecule is N#C[C@H](c1ccc([N+](=O)[O-])cc1)N1CCC(c2ccccc2)=N1. The summed E-state index contributed by atoms with van der Waals surface area (Å²) in [5.74, 6) is 0. The topological polar surface area (TPSA) is 82.5 Å². The quantitative estimate of drug-likeness (QED) is 0.641. The highest BCUT2D eigenvalue weighted by Gasteiger charge is 2.25. The first-order valence-corrected chi connectivity index (χ1v) is 7.22. The number of rotatable bonds is 4. The first-order valence-electron chi connectivity index (χ1n) is 7.22. The molecule has 2 aromatic rings. The molecule has 0 N–H and O–H groups in total. The van der Waals surface area contributed by atoms with Crippen molar-refractivity contribution in [3.8, 4) is 6.07 Å². The lowest BCUT2D eigenvalue weighted by Crippen LogP contribution is -2.20. The molecule has 3 rings (SSSR count). The molecular weight excluding hydrogens is 292 g/mol. The highest BCUT2D eigenvalue weighted by Crippen LogP contribution is 2.26. The molecule has 6 heteroatoms. The summed E-state index contributed by atoms with van der Waals surface area (Å²) in [5, 5.41) is 26.5. The van der Waals surface area contributed by atoms with E-state index < -0.39 is 11.0 Å². The molecule has 1 heterocycles. The third-order valence-electron chi connectivity index (χ3n) is 3.77. The fourth-order valence-electron chi connectivity index (χ4n) is 2.59. The number of nitro groups is 1. The predicted molar refractivity (Wildman–Crippen MR) is 85.8 cm³/mol. The normalized spacial score (nSPS) is 14.9. The van der Waals surface area contributed by atoms with Crippen LogP contribution in [0.5, 0.6) is 0 Å². The molecule has 0 amide bonds. The highest BCUT2D eigenvalue weighted by atomic mass is 16.6. The summed E-state index contributed by atoms with van der Waals surface area (Å²) in [7, 11) is 0. The summed E-state index contributed by atoms with van der Waals surface area (Å²) in [5.41, 5.74) is 2.72. The maximum Gasteiger partial charge on any atom is 0.269 e. The number of hydrazone groups is 1. The number of non-ortho nitro benzene ring substituents is 1. The average molecular weight is 306 g/mol. The minimum atomic E-state index is -0.544. The van der Waals surface area contributed by atoms with E-state index in [1.54, 1.807) is 17.1 Å². The summed E-state index contributed by atoms with van der Waals surface area (Å²) >= 11 is 0. The van der Waals surface area contributed by atoms with Gasteiger partial charge >= 0.3 is 0 Å². The van der Waals surface area contributed by atoms with Crippen LogP contribution in [0.1, 0.15) is 23.6 Å². The molecule has 0 saturated carbocycles. The van der Waals surface area contributed by atoms with Gasteiger partial charge in [0, 0.05) is 25.1 Å². The molecule has 0 bridgehead atoms. The van der Waals surface area contributed by atoms with Crippen molar-refractivity contribution in [2.75, 3.05) is 6.54 Å². The van der Waals surface area contributed by atoms with Gasteiger partial charge in [-0.1, -0.05) is 30.3 Å². The summed E-state index contributed by atoms with van der Waals surface area (Å²) in [4.78, 5) is 10.3. The van der Waals surface area contributed by atoms with E-state index in [4.69, 9.17) is 0 Å². The molecule has 114 valence electrons. The Morgan fingerprint density at radius 3 is 2.48 bits per heavy atom. The van der Waals surface area contributed by atoms with Gasteiger partial charge in [-0.2, -0.15) is 10.4 Å². The Morgan fingerprint density at radius 2 is 1.87 bits per heavy atom. The van der Waals surface area contributed by atoms with Gasteiger partial charge in [-0.3, -0.25) is 15.1 Å². The van der Waals surface area contributed by atoms with Gasteiger partial charge < -0.3 is 0 Å². The Hall–Kier alpha value is -3.20. The van der Waals surface area contributed by atoms with Crippen molar-refractivity contribution in [2.24, 2.45) is 5.10 Å². The zero-order valence-corrected chi connectivity index (χ0v) is 12.3. The summed E-state index contributed by atoms with van der Waals surface area (Å²) < 4.78 is 0. The maximum absolute atomic E-state index is 10.7. The van der Waals surface area contributed by atoms with E-state index in [1.165, 1.54) is 12.1 Å². The highest BCUT2D eigenvalue weighted by molar-refractivity contribution is 6.01. The molecule has 0 fully saturated rings. The summed E-state index contributed by atoms with van der Waals surface area (Å²) in [6, 6.07) is 17.6. The molecule has 23 heavy (non-hydrogen) atoms. The van der Waals surface area contributed by atoms with E-state index in [9.17, 15) is 15.4 Å². The molecule has 1 atom stereocenters. The van der Waals surface area contributed by atoms with E-state index in [0.29, 0.717) is 12.1 Å². The molecule has 0 saturated heterocycles. The van der Waals surface area contributed by atoms with Crippen LogP contribution in [0.25, 0.3) is 0 Å². The van der Waals surface area contributed by atoms with Gasteiger partial charge in [0.1, 0.15) is 0 Å². The predicted octanol–water partition coefficient (Wildman–Crippen LogP) is 3.27. The fraction of sp³-hybridized carbons (Fsp3) is 0.176. The van der Waals surface area contributed by atoms with E-state index in [2.05, 4.69) is 11.2 Å². The Kier molecular flexibility index (Phi) is 4.02. The number of nitro benzene ring substituents is 1. The second-order valence-electron chi connectivity index (χ2n) is 5.21. The largest absolute Gasteiger partial charge is 0.275 e. The second-order valence-corrected chi connectivity index (χ2v) is 5.21. The Labute approximate surface area is 133 Å². The van der Waals surface area contributed by atoms with Crippen LogP contribution in [0.15, 0.2) is 59.7 Å². The molecule has 6 nitrogen and oxygen atoms in total. The van der Waals surface area contributed by atoms with Crippen molar-refractivity contribution in [1.29, 1.82) is 5.26 Å². The number of nitrogens with zero attached hydrogens (tertiary/aromatic N) is 4. The lowest BCUT2D eigenvalue weighted by atomic mass is 10.1. The molecule has 0 unspecified atom stereocenters. The maximum atomic E-state index is 10.7. The zero-order chi connectivity index (χ0) is 16.2. The van der Waals surface area contributed by atoms with E-state index in [-0.39, 0.29) is 5.69 Å². The lowest BCUT2D eigenvalue weighted by Gasteiger charge is -2.20. The van der Waals surface area contributed by atoms with Crippen LogP contribution >= 0.6 is 0 Å². The summed E-state index contributed by atoms with van der Waals surface area (Å²) in [6.45, 7) is 0.652. The van der Waals surface area contributed by atoms with E-state index in [1.807, 2.05) is 30.3 Å². The molecule has 0 radical (unpaired) electrons. The van der Waals surface area contributed by atoms with Crippen LogP contribution in [-0.4, -0.2) is 22.2 Å². The molecule has 0 aliphatic carbocycles. The molecule has 1 aliphatic heterocycles. The van der Waals surface area contributed by atoms with Crippen molar-refractivity contribution in [1.82, 2.24) is 5.01 Å². The zero-order valence-electron chi connectivity index (χ0n) is 12.3. The third kappa shape index (κ3) is 3.04. The van der Waals surface area contributed by atoms with Crippen molar-refractivity contribution >= 4 is 11.4 Å². The fourth-order valence-corrected chi connectivity index (χ4v) is 2.59. The molecule has 0 spiro atoms. The third-order valence-corrected chi connectivity index (χ3v) is 3.77. The standard InChI is InChI=1S/C17H14N4O2/c18-12-17(14-6-8-15(9-7-14)21(22)23)20-11-10-16(19-20)13-4-2-1-3-5-13/h1-9,17H,10-11H2/t17-/m1/s1. The van der Waals surface area contributed by atoms with Crippen molar-refractivity contribution < 1.29 is 4.92 Å². The Balaban J connectivity index is 1.83. The van der Waals surface area contributed by atoms with Crippen LogP contribution in [0, 0.1) is 21.4 Å². The van der Waals surface area contributed by atoms with Crippen molar-refractivity contribution in [3.63, 3.8) is 0 Å². The van der Waals surface area contributed by atoms with Gasteiger partial charge in [0.2, 0.25) is 0 Å². The monoisotopic (exact) mass is 306 g/mol. The average Bonchev–Trinajstić information content (AvgIpc) is 3.06. The van der Waals surface area contributed by atoms with Gasteiger partial charge in [0.25, 0.3) is 5.69 Å². The molecule has 0 aromatic heterocycles. The molecular formula is C17H14N4O2. The van der Waals surface area contributed by atoms with E-state index >= 15 is 0 Å². The lowest BCUT2D eigenvalue weighted by molar-refractivity contribution is -0.384. The number of hydrogen-bond donors (Lipinski definition) is 0. The first kappa shape index (κ1) is 14.7. The summed E-state index contributed by atoms with van der Waals surface area (Å²) in [6.07, 6.45) is 0.773. The Morgan fingerprint density at radius 1 is 1.17 bits per heavy atom. The Bertz CT molecular complexity index is 778. The van der Waals surface area contributed by atoms with Crippen LogP contribution in [0.4, 0.5) is 5.69 Å². The second kappa shape index (κ2) is 6.28. The van der Waals surface area contributed by atoms with Gasteiger partial charge in [-0.05, 0) is 23.3 Å². The van der Waals surface area contributed by atoms with Crippen molar-refractivity contribution in [2.45, 2.75) is 12.5 Å². The van der Waals surface area contributed by atoms with Crippen LogP contribution < -0.4 is 0 Å². The van der Waals surface area contributed by atoms with Crippen molar-refractivity contribution in [3.05, 3.63) is 75.8 Å². The molecule has 2 aromatic carbocycles.